The summed E-state index contributed by atoms with van der Waals surface area (Å²) in [6, 6.07) is 5.51. The molecule has 0 amide bonds. The Labute approximate surface area is 88.0 Å². The van der Waals surface area contributed by atoms with Crippen molar-refractivity contribution < 1.29 is 14.7 Å². The zero-order valence-electron chi connectivity index (χ0n) is 8.65. The fourth-order valence-electron chi connectivity index (χ4n) is 1.24. The lowest BCUT2D eigenvalue weighted by atomic mass is 10.0. The van der Waals surface area contributed by atoms with Crippen LogP contribution >= 0.6 is 0 Å². The topological polar surface area (TPSA) is 54.4 Å². The number of rotatable bonds is 3. The second-order valence-electron chi connectivity index (χ2n) is 3.35. The number of hydrogen-bond acceptors (Lipinski definition) is 2. The monoisotopic (exact) mass is 204 g/mol. The third-order valence-corrected chi connectivity index (χ3v) is 2.04. The predicted molar refractivity (Wildman–Crippen MR) is 57.0 cm³/mol. The van der Waals surface area contributed by atoms with Crippen molar-refractivity contribution in [1.29, 1.82) is 0 Å². The predicted octanol–water partition coefficient (Wildman–Crippen LogP) is 2.13. The maximum absolute atomic E-state index is 11.6. The molecule has 0 aliphatic carbocycles. The number of hydrogen-bond donors (Lipinski definition) is 1. The van der Waals surface area contributed by atoms with Gasteiger partial charge in [-0.3, -0.25) is 4.79 Å². The van der Waals surface area contributed by atoms with Gasteiger partial charge in [-0.25, -0.2) is 4.79 Å². The van der Waals surface area contributed by atoms with Crippen LogP contribution in [0.4, 0.5) is 0 Å². The van der Waals surface area contributed by atoms with E-state index in [0.29, 0.717) is 5.56 Å². The smallest absolute Gasteiger partial charge is 0.328 e. The van der Waals surface area contributed by atoms with E-state index >= 15 is 0 Å². The molecular formula is C12H12O3. The second kappa shape index (κ2) is 4.55. The van der Waals surface area contributed by atoms with Gasteiger partial charge in [0.1, 0.15) is 0 Å². The number of carbonyl (C=O) groups excluding carboxylic acids is 1. The summed E-state index contributed by atoms with van der Waals surface area (Å²) in [5, 5.41) is 8.39. The molecule has 0 fully saturated rings. The Hall–Kier alpha value is -1.90. The van der Waals surface area contributed by atoms with Crippen LogP contribution in [0.1, 0.15) is 21.5 Å². The van der Waals surface area contributed by atoms with E-state index in [1.165, 1.54) is 0 Å². The molecule has 1 rings (SSSR count). The fourth-order valence-corrected chi connectivity index (χ4v) is 1.24. The Kier molecular flexibility index (Phi) is 3.39. The lowest BCUT2D eigenvalue weighted by molar-refractivity contribution is -0.131. The van der Waals surface area contributed by atoms with Gasteiger partial charge >= 0.3 is 5.97 Å². The summed E-state index contributed by atoms with van der Waals surface area (Å²) in [5.41, 5.74) is 2.38. The zero-order valence-corrected chi connectivity index (χ0v) is 8.65. The van der Waals surface area contributed by atoms with Crippen molar-refractivity contribution in [3.05, 3.63) is 47.0 Å². The molecule has 3 nitrogen and oxygen atoms in total. The van der Waals surface area contributed by atoms with Crippen LogP contribution in [0.3, 0.4) is 0 Å². The number of carboxylic acid groups (broad SMARTS) is 1. The van der Waals surface area contributed by atoms with E-state index in [1.807, 2.05) is 26.0 Å². The zero-order chi connectivity index (χ0) is 11.4. The second-order valence-corrected chi connectivity index (χ2v) is 3.35. The Morgan fingerprint density at radius 2 is 1.87 bits per heavy atom. The lowest BCUT2D eigenvalue weighted by Gasteiger charge is -2.02. The van der Waals surface area contributed by atoms with Gasteiger partial charge in [0.2, 0.25) is 0 Å². The van der Waals surface area contributed by atoms with Crippen molar-refractivity contribution in [3.63, 3.8) is 0 Å². The molecule has 3 heteroatoms. The number of carbonyl (C=O) groups is 2. The van der Waals surface area contributed by atoms with E-state index in [-0.39, 0.29) is 5.78 Å². The number of aryl methyl sites for hydroxylation is 2. The highest BCUT2D eigenvalue weighted by Gasteiger charge is 2.06. The van der Waals surface area contributed by atoms with E-state index in [0.717, 1.165) is 23.3 Å². The van der Waals surface area contributed by atoms with E-state index in [9.17, 15) is 9.59 Å². The van der Waals surface area contributed by atoms with E-state index in [2.05, 4.69) is 0 Å². The summed E-state index contributed by atoms with van der Waals surface area (Å²) in [6.45, 7) is 3.71. The molecule has 15 heavy (non-hydrogen) atoms. The van der Waals surface area contributed by atoms with Gasteiger partial charge in [0.15, 0.2) is 5.78 Å². The molecule has 1 N–H and O–H groups in total. The van der Waals surface area contributed by atoms with Crippen molar-refractivity contribution >= 4 is 11.8 Å². The van der Waals surface area contributed by atoms with Crippen LogP contribution in [0.15, 0.2) is 30.4 Å². The average molecular weight is 204 g/mol. The summed E-state index contributed by atoms with van der Waals surface area (Å²) in [6.07, 6.45) is 1.92. The first-order chi connectivity index (χ1) is 7.00. The maximum Gasteiger partial charge on any atom is 0.328 e. The van der Waals surface area contributed by atoms with Gasteiger partial charge in [-0.15, -0.1) is 0 Å². The van der Waals surface area contributed by atoms with Gasteiger partial charge in [-0.2, -0.15) is 0 Å². The highest BCUT2D eigenvalue weighted by Crippen LogP contribution is 2.11. The maximum atomic E-state index is 11.6. The van der Waals surface area contributed by atoms with E-state index < -0.39 is 5.97 Å². The van der Waals surface area contributed by atoms with Gasteiger partial charge in [0, 0.05) is 11.6 Å². The minimum Gasteiger partial charge on any atom is -0.478 e. The molecule has 0 aromatic heterocycles. The highest BCUT2D eigenvalue weighted by molar-refractivity contribution is 6.07. The Balaban J connectivity index is 3.01. The molecule has 0 unspecified atom stereocenters. The molecule has 0 spiro atoms. The molecule has 78 valence electrons. The fraction of sp³-hybridized carbons (Fsp3) is 0.167. The summed E-state index contributed by atoms with van der Waals surface area (Å²) in [4.78, 5) is 21.8. The standard InChI is InChI=1S/C12H12O3/c1-8-3-4-9(2)10(7-8)11(13)5-6-12(14)15/h3-7H,1-2H3,(H,14,15)/b6-5+. The van der Waals surface area contributed by atoms with Crippen LogP contribution in [0.25, 0.3) is 0 Å². The van der Waals surface area contributed by atoms with Crippen LogP contribution in [-0.4, -0.2) is 16.9 Å². The molecule has 0 aliphatic rings. The summed E-state index contributed by atoms with van der Waals surface area (Å²) >= 11 is 0. The SMILES string of the molecule is Cc1ccc(C)c(C(=O)/C=C/C(=O)O)c1. The largest absolute Gasteiger partial charge is 0.478 e. The van der Waals surface area contributed by atoms with Crippen LogP contribution in [0.2, 0.25) is 0 Å². The van der Waals surface area contributed by atoms with Gasteiger partial charge in [0.25, 0.3) is 0 Å². The number of carboxylic acids is 1. The Bertz CT molecular complexity index is 430. The molecule has 0 saturated carbocycles. The van der Waals surface area contributed by atoms with Crippen molar-refractivity contribution in [2.75, 3.05) is 0 Å². The Morgan fingerprint density at radius 1 is 1.20 bits per heavy atom. The van der Waals surface area contributed by atoms with Crippen molar-refractivity contribution in [1.82, 2.24) is 0 Å². The molecule has 1 aromatic carbocycles. The van der Waals surface area contributed by atoms with Crippen LogP contribution in [-0.2, 0) is 4.79 Å². The molecule has 0 atom stereocenters. The molecule has 0 aliphatic heterocycles. The third kappa shape index (κ3) is 3.06. The molecular weight excluding hydrogens is 192 g/mol. The number of aliphatic carboxylic acids is 1. The quantitative estimate of drug-likeness (QED) is 0.606. The average Bonchev–Trinajstić information content (AvgIpc) is 2.18. The van der Waals surface area contributed by atoms with Gasteiger partial charge in [-0.1, -0.05) is 17.7 Å². The third-order valence-electron chi connectivity index (χ3n) is 2.04. The first kappa shape index (κ1) is 11.2. The van der Waals surface area contributed by atoms with Crippen LogP contribution in [0.5, 0.6) is 0 Å². The number of allylic oxidation sites excluding steroid dienone is 1. The van der Waals surface area contributed by atoms with Crippen molar-refractivity contribution in [2.24, 2.45) is 0 Å². The highest BCUT2D eigenvalue weighted by atomic mass is 16.4. The van der Waals surface area contributed by atoms with Gasteiger partial charge in [-0.05, 0) is 31.6 Å². The van der Waals surface area contributed by atoms with Gasteiger partial charge in [0.05, 0.1) is 0 Å². The first-order valence-corrected chi connectivity index (χ1v) is 4.53. The van der Waals surface area contributed by atoms with Crippen molar-refractivity contribution in [3.8, 4) is 0 Å². The summed E-state index contributed by atoms with van der Waals surface area (Å²) in [7, 11) is 0. The molecule has 0 bridgehead atoms. The molecule has 0 saturated heterocycles. The minimum absolute atomic E-state index is 0.279. The normalized spacial score (nSPS) is 10.5. The molecule has 0 heterocycles. The van der Waals surface area contributed by atoms with E-state index in [1.54, 1.807) is 6.07 Å². The van der Waals surface area contributed by atoms with E-state index in [4.69, 9.17) is 5.11 Å². The van der Waals surface area contributed by atoms with Crippen LogP contribution in [0, 0.1) is 13.8 Å². The summed E-state index contributed by atoms with van der Waals surface area (Å²) in [5.74, 6) is -1.40. The summed E-state index contributed by atoms with van der Waals surface area (Å²) < 4.78 is 0. The molecule has 0 radical (unpaired) electrons. The van der Waals surface area contributed by atoms with Crippen LogP contribution < -0.4 is 0 Å². The number of benzene rings is 1. The van der Waals surface area contributed by atoms with Crippen molar-refractivity contribution in [2.45, 2.75) is 13.8 Å². The number of ketones is 1. The lowest BCUT2D eigenvalue weighted by Crippen LogP contribution is -2.00. The molecule has 1 aromatic rings. The minimum atomic E-state index is -1.12. The van der Waals surface area contributed by atoms with Gasteiger partial charge < -0.3 is 5.11 Å². The Morgan fingerprint density at radius 3 is 2.47 bits per heavy atom. The first-order valence-electron chi connectivity index (χ1n) is 4.53.